The third-order valence-corrected chi connectivity index (χ3v) is 7.63. The molecule has 0 aromatic carbocycles. The number of nitrogens with zero attached hydrogens (tertiary/aromatic N) is 4. The molecule has 2 saturated carbocycles. The second-order valence-electron chi connectivity index (χ2n) is 7.29. The van der Waals surface area contributed by atoms with Gasteiger partial charge in [-0.3, -0.25) is 0 Å². The normalized spacial score (nSPS) is 28.6. The number of nitriles is 1. The van der Waals surface area contributed by atoms with E-state index in [1.165, 1.54) is 6.33 Å². The highest BCUT2D eigenvalue weighted by atomic mass is 32.2. The Bertz CT molecular complexity index is 944. The lowest BCUT2D eigenvalue weighted by Crippen LogP contribution is -2.54. The fourth-order valence-corrected chi connectivity index (χ4v) is 5.76. The quantitative estimate of drug-likeness (QED) is 0.820. The molecule has 2 N–H and O–H groups in total. The molecule has 2 aliphatic rings. The summed E-state index contributed by atoms with van der Waals surface area (Å²) in [4.78, 5) is 13.8. The highest BCUT2D eigenvalue weighted by Gasteiger charge is 2.40. The van der Waals surface area contributed by atoms with E-state index in [0.29, 0.717) is 19.3 Å². The van der Waals surface area contributed by atoms with Crippen molar-refractivity contribution in [2.75, 3.05) is 11.9 Å². The Morgan fingerprint density at radius 2 is 2.12 bits per heavy atom. The van der Waals surface area contributed by atoms with Crippen molar-refractivity contribution in [3.8, 4) is 6.07 Å². The van der Waals surface area contributed by atoms with Crippen LogP contribution in [0.3, 0.4) is 0 Å². The zero-order chi connectivity index (χ0) is 18.3. The van der Waals surface area contributed by atoms with E-state index in [2.05, 4.69) is 30.6 Å². The number of anilines is 1. The van der Waals surface area contributed by atoms with Crippen LogP contribution in [0.5, 0.6) is 0 Å². The van der Waals surface area contributed by atoms with Crippen molar-refractivity contribution in [1.29, 1.82) is 5.26 Å². The molecule has 2 aromatic rings. The van der Waals surface area contributed by atoms with Crippen LogP contribution in [-0.4, -0.2) is 47.8 Å². The van der Waals surface area contributed by atoms with Crippen LogP contribution < -0.4 is 9.62 Å². The maximum atomic E-state index is 12.5. The van der Waals surface area contributed by atoms with E-state index in [1.807, 2.05) is 19.3 Å². The van der Waals surface area contributed by atoms with Crippen molar-refractivity contribution < 1.29 is 8.42 Å². The lowest BCUT2D eigenvalue weighted by molar-refractivity contribution is 0.315. The van der Waals surface area contributed by atoms with Gasteiger partial charge in [0.05, 0.1) is 16.7 Å². The second-order valence-corrected chi connectivity index (χ2v) is 9.29. The van der Waals surface area contributed by atoms with Gasteiger partial charge in [-0.25, -0.2) is 23.1 Å². The van der Waals surface area contributed by atoms with Crippen LogP contribution in [0, 0.1) is 17.2 Å². The van der Waals surface area contributed by atoms with E-state index in [9.17, 15) is 8.42 Å². The van der Waals surface area contributed by atoms with Crippen molar-refractivity contribution >= 4 is 26.9 Å². The molecule has 0 amide bonds. The fourth-order valence-electron chi connectivity index (χ4n) is 3.98. The predicted molar refractivity (Wildman–Crippen MR) is 97.9 cm³/mol. The largest absolute Gasteiger partial charge is 0.356 e. The van der Waals surface area contributed by atoms with Crippen molar-refractivity contribution in [2.45, 2.75) is 49.4 Å². The Morgan fingerprint density at radius 3 is 2.85 bits per heavy atom. The third-order valence-electron chi connectivity index (χ3n) is 5.66. The highest BCUT2D eigenvalue weighted by Crippen LogP contribution is 2.34. The minimum atomic E-state index is -3.35. The van der Waals surface area contributed by atoms with E-state index in [0.717, 1.165) is 29.7 Å². The van der Waals surface area contributed by atoms with E-state index in [-0.39, 0.29) is 18.0 Å². The van der Waals surface area contributed by atoms with Gasteiger partial charge in [-0.05, 0) is 38.2 Å². The molecule has 2 fully saturated rings. The van der Waals surface area contributed by atoms with Gasteiger partial charge in [0.2, 0.25) is 10.0 Å². The average molecular weight is 374 g/mol. The molecule has 26 heavy (non-hydrogen) atoms. The number of H-pyrrole nitrogens is 1. The molecule has 2 aromatic heterocycles. The lowest BCUT2D eigenvalue weighted by atomic mass is 9.86. The molecule has 0 unspecified atom stereocenters. The number of aromatic amines is 1. The molecule has 2 aliphatic carbocycles. The van der Waals surface area contributed by atoms with Gasteiger partial charge in [-0.15, -0.1) is 0 Å². The zero-order valence-electron chi connectivity index (χ0n) is 14.6. The van der Waals surface area contributed by atoms with Crippen LogP contribution in [0.4, 0.5) is 5.82 Å². The Balaban J connectivity index is 1.37. The number of fused-ring (bicyclic) bond motifs is 1. The molecule has 0 bridgehead atoms. The molecule has 8 nitrogen and oxygen atoms in total. The first-order valence-electron chi connectivity index (χ1n) is 8.89. The van der Waals surface area contributed by atoms with E-state index in [1.54, 1.807) is 0 Å². The summed E-state index contributed by atoms with van der Waals surface area (Å²) in [5.41, 5.74) is 0.798. The van der Waals surface area contributed by atoms with Crippen molar-refractivity contribution in [2.24, 2.45) is 5.92 Å². The standard InChI is InChI=1S/C17H22N6O2S/c1-23(17-15-4-5-19-16(15)20-10-21-17)13-7-12(8-13)22-26(24,25)14-3-2-11(6-14)9-18/h4-5,10-14,22H,2-3,6-8H2,1H3,(H,19,20,21)/t11-,12?,13?,14-/m1/s1. The lowest BCUT2D eigenvalue weighted by Gasteiger charge is -2.42. The molecule has 0 saturated heterocycles. The second kappa shape index (κ2) is 6.52. The Hall–Kier alpha value is -2.18. The smallest absolute Gasteiger partial charge is 0.214 e. The minimum absolute atomic E-state index is 0.0443. The van der Waals surface area contributed by atoms with Gasteiger partial charge in [0, 0.05) is 31.2 Å². The number of hydrogen-bond acceptors (Lipinski definition) is 6. The number of aromatic nitrogens is 3. The van der Waals surface area contributed by atoms with E-state index >= 15 is 0 Å². The fraction of sp³-hybridized carbons (Fsp3) is 0.588. The van der Waals surface area contributed by atoms with Gasteiger partial charge in [-0.1, -0.05) is 0 Å². The number of sulfonamides is 1. The van der Waals surface area contributed by atoms with Crippen molar-refractivity contribution in [3.63, 3.8) is 0 Å². The van der Waals surface area contributed by atoms with Gasteiger partial charge >= 0.3 is 0 Å². The summed E-state index contributed by atoms with van der Waals surface area (Å²) >= 11 is 0. The van der Waals surface area contributed by atoms with Gasteiger partial charge in [0.1, 0.15) is 17.8 Å². The Labute approximate surface area is 152 Å². The van der Waals surface area contributed by atoms with Crippen LogP contribution in [0.2, 0.25) is 0 Å². The van der Waals surface area contributed by atoms with Crippen LogP contribution in [0.25, 0.3) is 11.0 Å². The van der Waals surface area contributed by atoms with Crippen LogP contribution in [-0.2, 0) is 10.0 Å². The SMILES string of the molecule is CN(c1ncnc2[nH]ccc12)C1CC(NS(=O)(=O)[C@@H]2CC[C@@H](C#N)C2)C1. The number of hydrogen-bond donors (Lipinski definition) is 2. The molecule has 9 heteroatoms. The zero-order valence-corrected chi connectivity index (χ0v) is 15.4. The van der Waals surface area contributed by atoms with Crippen LogP contribution >= 0.6 is 0 Å². The van der Waals surface area contributed by atoms with Gasteiger partial charge < -0.3 is 9.88 Å². The Kier molecular flexibility index (Phi) is 4.32. The minimum Gasteiger partial charge on any atom is -0.356 e. The molecular weight excluding hydrogens is 352 g/mol. The summed E-state index contributed by atoms with van der Waals surface area (Å²) in [6.07, 6.45) is 6.59. The van der Waals surface area contributed by atoms with E-state index in [4.69, 9.17) is 5.26 Å². The maximum absolute atomic E-state index is 12.5. The molecule has 0 aliphatic heterocycles. The van der Waals surface area contributed by atoms with Crippen molar-refractivity contribution in [1.82, 2.24) is 19.7 Å². The number of nitrogens with one attached hydrogen (secondary N) is 2. The van der Waals surface area contributed by atoms with Crippen LogP contribution in [0.1, 0.15) is 32.1 Å². The molecule has 2 atom stereocenters. The first-order valence-corrected chi connectivity index (χ1v) is 10.4. The van der Waals surface area contributed by atoms with Crippen LogP contribution in [0.15, 0.2) is 18.6 Å². The van der Waals surface area contributed by atoms with Crippen molar-refractivity contribution in [3.05, 3.63) is 18.6 Å². The first kappa shape index (κ1) is 17.2. The molecule has 2 heterocycles. The maximum Gasteiger partial charge on any atom is 0.214 e. The summed E-state index contributed by atoms with van der Waals surface area (Å²) < 4.78 is 27.9. The third kappa shape index (κ3) is 3.04. The monoisotopic (exact) mass is 374 g/mol. The summed E-state index contributed by atoms with van der Waals surface area (Å²) in [5.74, 6) is 0.730. The molecule has 0 spiro atoms. The molecule has 0 radical (unpaired) electrons. The average Bonchev–Trinajstić information content (AvgIpc) is 3.25. The summed E-state index contributed by atoms with van der Waals surface area (Å²) in [7, 11) is -1.37. The summed E-state index contributed by atoms with van der Waals surface area (Å²) in [5, 5.41) is 9.51. The van der Waals surface area contributed by atoms with Gasteiger partial charge in [0.25, 0.3) is 0 Å². The topological polar surface area (TPSA) is 115 Å². The first-order chi connectivity index (χ1) is 12.5. The summed E-state index contributed by atoms with van der Waals surface area (Å²) in [6, 6.07) is 4.33. The van der Waals surface area contributed by atoms with Gasteiger partial charge in [-0.2, -0.15) is 5.26 Å². The highest BCUT2D eigenvalue weighted by molar-refractivity contribution is 7.90. The van der Waals surface area contributed by atoms with E-state index < -0.39 is 15.3 Å². The Morgan fingerprint density at radius 1 is 1.31 bits per heavy atom. The molecule has 138 valence electrons. The molecule has 4 rings (SSSR count). The summed E-state index contributed by atoms with van der Waals surface area (Å²) in [6.45, 7) is 0. The molecular formula is C17H22N6O2S. The van der Waals surface area contributed by atoms with Gasteiger partial charge in [0.15, 0.2) is 0 Å². The number of rotatable bonds is 5. The predicted octanol–water partition coefficient (Wildman–Crippen LogP) is 1.54.